The first-order valence-electron chi connectivity index (χ1n) is 4.87. The Kier molecular flexibility index (Phi) is 3.91. The summed E-state index contributed by atoms with van der Waals surface area (Å²) in [6.07, 6.45) is 2.87. The largest absolute Gasteiger partial charge is 0.443 e. The third-order valence-corrected chi connectivity index (χ3v) is 2.39. The average Bonchev–Trinajstić information content (AvgIpc) is 2.15. The van der Waals surface area contributed by atoms with Crippen LogP contribution in [0.1, 0.15) is 20.8 Å². The zero-order valence-corrected chi connectivity index (χ0v) is 11.4. The molecule has 16 heavy (non-hydrogen) atoms. The van der Waals surface area contributed by atoms with Gasteiger partial charge in [-0.2, -0.15) is 0 Å². The lowest BCUT2D eigenvalue weighted by molar-refractivity contribution is 0.0589. The summed E-state index contributed by atoms with van der Waals surface area (Å²) in [6, 6.07) is 1.74. The minimum Gasteiger partial charge on any atom is -0.443 e. The van der Waals surface area contributed by atoms with E-state index in [1.54, 1.807) is 25.5 Å². The van der Waals surface area contributed by atoms with E-state index < -0.39 is 5.60 Å². The van der Waals surface area contributed by atoms with Gasteiger partial charge >= 0.3 is 6.09 Å². The van der Waals surface area contributed by atoms with Crippen molar-refractivity contribution < 1.29 is 9.53 Å². The highest BCUT2D eigenvalue weighted by atomic mass is 79.9. The number of rotatable bonds is 1. The molecule has 0 N–H and O–H groups in total. The second-order valence-corrected chi connectivity index (χ2v) is 5.22. The van der Waals surface area contributed by atoms with Gasteiger partial charge in [0.1, 0.15) is 5.60 Å². The lowest BCUT2D eigenvalue weighted by atomic mass is 10.2. The number of halogens is 1. The minimum absolute atomic E-state index is 0.389. The quantitative estimate of drug-likeness (QED) is 0.796. The molecule has 0 aliphatic heterocycles. The van der Waals surface area contributed by atoms with Crippen LogP contribution in [0, 0.1) is 0 Å². The molecule has 1 amide bonds. The molecule has 0 saturated heterocycles. The van der Waals surface area contributed by atoms with Crippen LogP contribution in [0.4, 0.5) is 10.5 Å². The summed E-state index contributed by atoms with van der Waals surface area (Å²) in [6.45, 7) is 5.50. The summed E-state index contributed by atoms with van der Waals surface area (Å²) >= 11 is 3.33. The van der Waals surface area contributed by atoms with E-state index in [0.29, 0.717) is 0 Å². The van der Waals surface area contributed by atoms with Gasteiger partial charge in [0.2, 0.25) is 0 Å². The van der Waals surface area contributed by atoms with E-state index in [-0.39, 0.29) is 6.09 Å². The van der Waals surface area contributed by atoms with Crippen LogP contribution in [0.15, 0.2) is 22.9 Å². The lowest BCUT2D eigenvalue weighted by Crippen LogP contribution is -2.34. The number of ether oxygens (including phenoxy) is 1. The van der Waals surface area contributed by atoms with Crippen LogP contribution in [-0.4, -0.2) is 23.7 Å². The zero-order valence-electron chi connectivity index (χ0n) is 9.82. The van der Waals surface area contributed by atoms with Crippen LogP contribution in [-0.2, 0) is 4.74 Å². The molecular weight excluding hydrogens is 272 g/mol. The van der Waals surface area contributed by atoms with Crippen LogP contribution >= 0.6 is 15.9 Å². The molecule has 0 unspecified atom stereocenters. The van der Waals surface area contributed by atoms with Crippen LogP contribution in [0.3, 0.4) is 0 Å². The van der Waals surface area contributed by atoms with E-state index in [1.807, 2.05) is 20.8 Å². The molecule has 0 fully saturated rings. The van der Waals surface area contributed by atoms with Crippen LogP contribution in [0.2, 0.25) is 0 Å². The monoisotopic (exact) mass is 286 g/mol. The fourth-order valence-corrected chi connectivity index (χ4v) is 1.58. The first-order valence-corrected chi connectivity index (χ1v) is 5.67. The maximum absolute atomic E-state index is 11.8. The number of anilines is 1. The Morgan fingerprint density at radius 1 is 1.50 bits per heavy atom. The molecule has 0 aliphatic rings. The molecule has 88 valence electrons. The molecule has 0 saturated carbocycles. The summed E-state index contributed by atoms with van der Waals surface area (Å²) in [7, 11) is 1.66. The second-order valence-electron chi connectivity index (χ2n) is 4.37. The van der Waals surface area contributed by atoms with Gasteiger partial charge in [0.15, 0.2) is 0 Å². The number of aromatic nitrogens is 1. The predicted octanol–water partition coefficient (Wildman–Crippen LogP) is 3.22. The van der Waals surface area contributed by atoms with E-state index >= 15 is 0 Å². The Morgan fingerprint density at radius 3 is 2.62 bits per heavy atom. The topological polar surface area (TPSA) is 42.4 Å². The van der Waals surface area contributed by atoms with Crippen molar-refractivity contribution in [1.82, 2.24) is 4.98 Å². The van der Waals surface area contributed by atoms with Crippen molar-refractivity contribution in [2.24, 2.45) is 0 Å². The normalized spacial score (nSPS) is 11.1. The fraction of sp³-hybridized carbons (Fsp3) is 0.455. The number of carbonyl (C=O) groups excluding carboxylic acids is 1. The summed E-state index contributed by atoms with van der Waals surface area (Å²) in [5.41, 5.74) is 0.231. The summed E-state index contributed by atoms with van der Waals surface area (Å²) < 4.78 is 6.01. The van der Waals surface area contributed by atoms with Gasteiger partial charge in [-0.1, -0.05) is 0 Å². The fourth-order valence-electron chi connectivity index (χ4n) is 1.07. The SMILES string of the molecule is CN(C(=O)OC(C)(C)C)c1ccncc1Br. The zero-order chi connectivity index (χ0) is 12.3. The molecular formula is C11H15BrN2O2. The van der Waals surface area contributed by atoms with Gasteiger partial charge in [0.25, 0.3) is 0 Å². The highest BCUT2D eigenvalue weighted by molar-refractivity contribution is 9.10. The predicted molar refractivity (Wildman–Crippen MR) is 66.6 cm³/mol. The number of amides is 1. The van der Waals surface area contributed by atoms with E-state index in [1.165, 1.54) is 4.90 Å². The molecule has 1 aromatic rings. The van der Waals surface area contributed by atoms with Crippen molar-refractivity contribution >= 4 is 27.7 Å². The number of nitrogens with zero attached hydrogens (tertiary/aromatic N) is 2. The molecule has 0 aromatic carbocycles. The molecule has 4 nitrogen and oxygen atoms in total. The van der Waals surface area contributed by atoms with Gasteiger partial charge in [-0.05, 0) is 42.8 Å². The summed E-state index contributed by atoms with van der Waals surface area (Å²) in [4.78, 5) is 17.2. The number of hydrogen-bond donors (Lipinski definition) is 0. The number of carbonyl (C=O) groups is 1. The average molecular weight is 287 g/mol. The molecule has 0 atom stereocenters. The maximum Gasteiger partial charge on any atom is 0.414 e. The number of hydrogen-bond acceptors (Lipinski definition) is 3. The van der Waals surface area contributed by atoms with Crippen molar-refractivity contribution in [1.29, 1.82) is 0 Å². The first kappa shape index (κ1) is 13.0. The molecule has 0 spiro atoms. The van der Waals surface area contributed by atoms with Crippen molar-refractivity contribution in [2.45, 2.75) is 26.4 Å². The van der Waals surface area contributed by atoms with Gasteiger partial charge in [-0.25, -0.2) is 4.79 Å². The Hall–Kier alpha value is -1.10. The maximum atomic E-state index is 11.8. The molecule has 0 bridgehead atoms. The Balaban J connectivity index is 2.83. The molecule has 0 aliphatic carbocycles. The van der Waals surface area contributed by atoms with Gasteiger partial charge in [0.05, 0.1) is 10.2 Å². The Morgan fingerprint density at radius 2 is 2.12 bits per heavy atom. The van der Waals surface area contributed by atoms with Crippen LogP contribution in [0.5, 0.6) is 0 Å². The van der Waals surface area contributed by atoms with Crippen molar-refractivity contribution in [2.75, 3.05) is 11.9 Å². The highest BCUT2D eigenvalue weighted by Gasteiger charge is 2.21. The van der Waals surface area contributed by atoms with Crippen molar-refractivity contribution in [3.05, 3.63) is 22.9 Å². The first-order chi connectivity index (χ1) is 7.31. The second kappa shape index (κ2) is 4.82. The van der Waals surface area contributed by atoms with Crippen LogP contribution < -0.4 is 4.90 Å². The Labute approximate surface area is 104 Å². The third-order valence-electron chi connectivity index (χ3n) is 1.78. The minimum atomic E-state index is -0.495. The Bertz CT molecular complexity index is 388. The molecule has 1 aromatic heterocycles. The molecule has 1 heterocycles. The van der Waals surface area contributed by atoms with Gasteiger partial charge < -0.3 is 4.74 Å². The van der Waals surface area contributed by atoms with E-state index in [4.69, 9.17) is 4.74 Å². The highest BCUT2D eigenvalue weighted by Crippen LogP contribution is 2.24. The lowest BCUT2D eigenvalue weighted by Gasteiger charge is -2.25. The van der Waals surface area contributed by atoms with E-state index in [9.17, 15) is 4.79 Å². The van der Waals surface area contributed by atoms with Gasteiger partial charge in [-0.3, -0.25) is 9.88 Å². The van der Waals surface area contributed by atoms with E-state index in [0.717, 1.165) is 10.2 Å². The van der Waals surface area contributed by atoms with Crippen molar-refractivity contribution in [3.8, 4) is 0 Å². The molecule has 5 heteroatoms. The van der Waals surface area contributed by atoms with Gasteiger partial charge in [-0.15, -0.1) is 0 Å². The molecule has 0 radical (unpaired) electrons. The smallest absolute Gasteiger partial charge is 0.414 e. The standard InChI is InChI=1S/C11H15BrN2O2/c1-11(2,3)16-10(15)14(4)9-5-6-13-7-8(9)12/h5-7H,1-4H3. The van der Waals surface area contributed by atoms with E-state index in [2.05, 4.69) is 20.9 Å². The van der Waals surface area contributed by atoms with Crippen LogP contribution in [0.25, 0.3) is 0 Å². The summed E-state index contributed by atoms with van der Waals surface area (Å²) in [5, 5.41) is 0. The molecule has 1 rings (SSSR count). The third kappa shape index (κ3) is 3.48. The summed E-state index contributed by atoms with van der Waals surface area (Å²) in [5.74, 6) is 0. The van der Waals surface area contributed by atoms with Gasteiger partial charge in [0, 0.05) is 19.4 Å². The van der Waals surface area contributed by atoms with Crippen molar-refractivity contribution in [3.63, 3.8) is 0 Å². The number of pyridine rings is 1.